The second-order valence-electron chi connectivity index (χ2n) is 4.78. The molecule has 1 aromatic heterocycles. The fourth-order valence-electron chi connectivity index (χ4n) is 2.39. The first-order valence-electron chi connectivity index (χ1n) is 6.19. The standard InChI is InChI=1S/C12H17FN2O3S/c1-15(11-4-2-3-5-12(11)16)19(17,18)10-6-9(13)7-14-8-10/h6-8,11-12,16H,2-5H2,1H3. The third kappa shape index (κ3) is 2.93. The molecule has 7 heteroatoms. The summed E-state index contributed by atoms with van der Waals surface area (Å²) in [6, 6.07) is 0.482. The summed E-state index contributed by atoms with van der Waals surface area (Å²) in [5.41, 5.74) is 0. The first-order valence-corrected chi connectivity index (χ1v) is 7.63. The van der Waals surface area contributed by atoms with E-state index in [1.165, 1.54) is 7.05 Å². The number of rotatable bonds is 3. The molecule has 0 aromatic carbocycles. The largest absolute Gasteiger partial charge is 0.391 e. The Morgan fingerprint density at radius 2 is 2.05 bits per heavy atom. The fraction of sp³-hybridized carbons (Fsp3) is 0.583. The molecule has 2 rings (SSSR count). The summed E-state index contributed by atoms with van der Waals surface area (Å²) in [6.45, 7) is 0. The van der Waals surface area contributed by atoms with Crippen LogP contribution < -0.4 is 0 Å². The van der Waals surface area contributed by atoms with Gasteiger partial charge in [-0.3, -0.25) is 4.98 Å². The van der Waals surface area contributed by atoms with Crippen LogP contribution in [0.1, 0.15) is 25.7 Å². The molecule has 1 aliphatic rings. The van der Waals surface area contributed by atoms with E-state index in [2.05, 4.69) is 4.98 Å². The van der Waals surface area contributed by atoms with E-state index in [0.717, 1.165) is 35.6 Å². The van der Waals surface area contributed by atoms with E-state index >= 15 is 0 Å². The lowest BCUT2D eigenvalue weighted by Crippen LogP contribution is -2.46. The molecule has 1 aromatic rings. The Bertz CT molecular complexity index is 550. The van der Waals surface area contributed by atoms with Gasteiger partial charge in [-0.1, -0.05) is 12.8 Å². The number of aliphatic hydroxyl groups is 1. The van der Waals surface area contributed by atoms with Gasteiger partial charge >= 0.3 is 0 Å². The van der Waals surface area contributed by atoms with Gasteiger partial charge in [0.05, 0.1) is 18.3 Å². The number of sulfonamides is 1. The lowest BCUT2D eigenvalue weighted by molar-refractivity contribution is 0.0638. The number of pyridine rings is 1. The van der Waals surface area contributed by atoms with E-state index in [1.807, 2.05) is 0 Å². The zero-order chi connectivity index (χ0) is 14.0. The highest BCUT2D eigenvalue weighted by Gasteiger charge is 2.34. The van der Waals surface area contributed by atoms with Crippen LogP contribution in [0, 0.1) is 5.82 Å². The van der Waals surface area contributed by atoms with Crippen LogP contribution in [0.25, 0.3) is 0 Å². The van der Waals surface area contributed by atoms with Crippen molar-refractivity contribution in [2.75, 3.05) is 7.05 Å². The Morgan fingerprint density at radius 3 is 2.68 bits per heavy atom. The summed E-state index contributed by atoms with van der Waals surface area (Å²) in [5, 5.41) is 9.91. The van der Waals surface area contributed by atoms with Crippen molar-refractivity contribution in [2.45, 2.75) is 42.7 Å². The normalized spacial score (nSPS) is 24.6. The predicted molar refractivity (Wildman–Crippen MR) is 67.4 cm³/mol. The second kappa shape index (κ2) is 5.52. The van der Waals surface area contributed by atoms with Crippen molar-refractivity contribution in [1.29, 1.82) is 0 Å². The molecule has 106 valence electrons. The van der Waals surface area contributed by atoms with Crippen LogP contribution in [0.4, 0.5) is 4.39 Å². The predicted octanol–water partition coefficient (Wildman–Crippen LogP) is 1.14. The van der Waals surface area contributed by atoms with Crippen LogP contribution in [0.3, 0.4) is 0 Å². The SMILES string of the molecule is CN(C1CCCCC1O)S(=O)(=O)c1cncc(F)c1. The number of likely N-dealkylation sites (N-methyl/N-ethyl adjacent to an activating group) is 1. The lowest BCUT2D eigenvalue weighted by atomic mass is 9.93. The van der Waals surface area contributed by atoms with E-state index in [9.17, 15) is 17.9 Å². The van der Waals surface area contributed by atoms with Crippen LogP contribution in [0.5, 0.6) is 0 Å². The Hall–Kier alpha value is -1.05. The molecule has 0 saturated heterocycles. The minimum absolute atomic E-state index is 0.187. The van der Waals surface area contributed by atoms with Crippen molar-refractivity contribution in [3.8, 4) is 0 Å². The zero-order valence-electron chi connectivity index (χ0n) is 10.7. The average Bonchev–Trinajstić information content (AvgIpc) is 2.38. The van der Waals surface area contributed by atoms with Crippen molar-refractivity contribution >= 4 is 10.0 Å². The molecular weight excluding hydrogens is 271 g/mol. The van der Waals surface area contributed by atoms with Crippen LogP contribution in [-0.4, -0.2) is 42.0 Å². The van der Waals surface area contributed by atoms with Crippen molar-refractivity contribution in [3.05, 3.63) is 24.3 Å². The van der Waals surface area contributed by atoms with Gasteiger partial charge in [-0.05, 0) is 18.9 Å². The van der Waals surface area contributed by atoms with Crippen molar-refractivity contribution in [2.24, 2.45) is 0 Å². The molecule has 0 radical (unpaired) electrons. The van der Waals surface area contributed by atoms with E-state index in [-0.39, 0.29) is 4.90 Å². The Morgan fingerprint density at radius 1 is 1.37 bits per heavy atom. The molecule has 1 saturated carbocycles. The minimum Gasteiger partial charge on any atom is -0.391 e. The highest BCUT2D eigenvalue weighted by atomic mass is 32.2. The molecule has 2 atom stereocenters. The van der Waals surface area contributed by atoms with Gasteiger partial charge in [0.2, 0.25) is 10.0 Å². The summed E-state index contributed by atoms with van der Waals surface area (Å²) in [5.74, 6) is -0.696. The maximum absolute atomic E-state index is 13.1. The molecule has 2 unspecified atom stereocenters. The van der Waals surface area contributed by atoms with Crippen molar-refractivity contribution in [3.63, 3.8) is 0 Å². The topological polar surface area (TPSA) is 70.5 Å². The molecule has 1 heterocycles. The highest BCUT2D eigenvalue weighted by molar-refractivity contribution is 7.89. The Balaban J connectivity index is 2.28. The molecule has 19 heavy (non-hydrogen) atoms. The Kier molecular flexibility index (Phi) is 4.17. The number of hydrogen-bond donors (Lipinski definition) is 1. The summed E-state index contributed by atoms with van der Waals surface area (Å²) in [7, 11) is -2.41. The van der Waals surface area contributed by atoms with Crippen molar-refractivity contribution < 1.29 is 17.9 Å². The van der Waals surface area contributed by atoms with Gasteiger partial charge in [0.15, 0.2) is 0 Å². The monoisotopic (exact) mass is 288 g/mol. The number of halogens is 1. The molecule has 0 bridgehead atoms. The fourth-order valence-corrected chi connectivity index (χ4v) is 3.78. The van der Waals surface area contributed by atoms with Gasteiger partial charge in [0.1, 0.15) is 10.7 Å². The van der Waals surface area contributed by atoms with E-state index < -0.39 is 28.0 Å². The Labute approximate surface area is 112 Å². The number of hydrogen-bond acceptors (Lipinski definition) is 4. The smallest absolute Gasteiger partial charge is 0.244 e. The first kappa shape index (κ1) is 14.4. The maximum Gasteiger partial charge on any atom is 0.244 e. The van der Waals surface area contributed by atoms with Crippen LogP contribution in [-0.2, 0) is 10.0 Å². The van der Waals surface area contributed by atoms with E-state index in [4.69, 9.17) is 0 Å². The summed E-state index contributed by atoms with van der Waals surface area (Å²) in [4.78, 5) is 3.37. The summed E-state index contributed by atoms with van der Waals surface area (Å²) in [6.07, 6.45) is 4.37. The van der Waals surface area contributed by atoms with Gasteiger partial charge in [0, 0.05) is 13.2 Å². The molecule has 0 aliphatic heterocycles. The van der Waals surface area contributed by atoms with Crippen LogP contribution >= 0.6 is 0 Å². The molecule has 0 spiro atoms. The van der Waals surface area contributed by atoms with Gasteiger partial charge in [0.25, 0.3) is 0 Å². The van der Waals surface area contributed by atoms with Gasteiger partial charge < -0.3 is 5.11 Å². The van der Waals surface area contributed by atoms with Crippen molar-refractivity contribution in [1.82, 2.24) is 9.29 Å². The van der Waals surface area contributed by atoms with E-state index in [0.29, 0.717) is 12.8 Å². The first-order chi connectivity index (χ1) is 8.93. The zero-order valence-corrected chi connectivity index (χ0v) is 11.5. The maximum atomic E-state index is 13.1. The molecule has 1 aliphatic carbocycles. The molecule has 0 amide bonds. The third-order valence-corrected chi connectivity index (χ3v) is 5.37. The molecule has 1 N–H and O–H groups in total. The third-order valence-electron chi connectivity index (χ3n) is 3.52. The van der Waals surface area contributed by atoms with Gasteiger partial charge in [-0.25, -0.2) is 12.8 Å². The van der Waals surface area contributed by atoms with E-state index in [1.54, 1.807) is 0 Å². The van der Waals surface area contributed by atoms with Gasteiger partial charge in [-0.2, -0.15) is 4.31 Å². The number of aliphatic hydroxyl groups excluding tert-OH is 1. The average molecular weight is 288 g/mol. The minimum atomic E-state index is -3.82. The summed E-state index contributed by atoms with van der Waals surface area (Å²) < 4.78 is 38.9. The number of aromatic nitrogens is 1. The molecule has 1 fully saturated rings. The van der Waals surface area contributed by atoms with Gasteiger partial charge in [-0.15, -0.1) is 0 Å². The van der Waals surface area contributed by atoms with Crippen LogP contribution in [0.2, 0.25) is 0 Å². The van der Waals surface area contributed by atoms with Crippen LogP contribution in [0.15, 0.2) is 23.4 Å². The lowest BCUT2D eigenvalue weighted by Gasteiger charge is -2.34. The molecule has 5 nitrogen and oxygen atoms in total. The quantitative estimate of drug-likeness (QED) is 0.905. The molecular formula is C12H17FN2O3S. The highest BCUT2D eigenvalue weighted by Crippen LogP contribution is 2.26. The summed E-state index contributed by atoms with van der Waals surface area (Å²) >= 11 is 0. The second-order valence-corrected chi connectivity index (χ2v) is 6.78. The number of nitrogens with zero attached hydrogens (tertiary/aromatic N) is 2.